The van der Waals surface area contributed by atoms with Crippen LogP contribution in [0.1, 0.15) is 0 Å². The van der Waals surface area contributed by atoms with E-state index < -0.39 is 10.0 Å². The number of rotatable bonds is 7. The zero-order valence-corrected chi connectivity index (χ0v) is 15.5. The van der Waals surface area contributed by atoms with Crippen molar-refractivity contribution in [3.8, 4) is 17.1 Å². The first-order chi connectivity index (χ1) is 12.5. The Morgan fingerprint density at radius 1 is 1.19 bits per heavy atom. The molecule has 1 N–H and O–H groups in total. The van der Waals surface area contributed by atoms with E-state index in [1.54, 1.807) is 23.1 Å². The van der Waals surface area contributed by atoms with Crippen LogP contribution in [0.15, 0.2) is 59.8 Å². The van der Waals surface area contributed by atoms with Crippen molar-refractivity contribution in [2.75, 3.05) is 13.7 Å². The molecule has 2 heterocycles. The molecule has 3 rings (SSSR count). The monoisotopic (exact) mass is 392 g/mol. The molecular formula is C17H17ClN4O3S. The number of hydrogen-bond donors (Lipinski definition) is 1. The van der Waals surface area contributed by atoms with E-state index in [0.717, 1.165) is 11.4 Å². The van der Waals surface area contributed by atoms with E-state index in [2.05, 4.69) is 14.8 Å². The maximum absolute atomic E-state index is 12.5. The fraction of sp³-hybridized carbons (Fsp3) is 0.176. The predicted molar refractivity (Wildman–Crippen MR) is 98.7 cm³/mol. The smallest absolute Gasteiger partial charge is 0.244 e. The molecule has 0 saturated heterocycles. The molecule has 136 valence electrons. The van der Waals surface area contributed by atoms with Gasteiger partial charge in [-0.05, 0) is 36.4 Å². The third kappa shape index (κ3) is 4.21. The molecule has 0 radical (unpaired) electrons. The van der Waals surface area contributed by atoms with E-state index in [-0.39, 0.29) is 17.2 Å². The third-order valence-electron chi connectivity index (χ3n) is 3.62. The van der Waals surface area contributed by atoms with E-state index in [1.165, 1.54) is 19.2 Å². The van der Waals surface area contributed by atoms with Crippen LogP contribution in [0.5, 0.6) is 5.75 Å². The lowest BCUT2D eigenvalue weighted by molar-refractivity contribution is 0.402. The second-order valence-corrected chi connectivity index (χ2v) is 7.54. The molecule has 1 aromatic carbocycles. The first kappa shape index (κ1) is 18.4. The fourth-order valence-electron chi connectivity index (χ4n) is 2.37. The number of benzene rings is 1. The zero-order valence-electron chi connectivity index (χ0n) is 14.0. The topological polar surface area (TPSA) is 86.1 Å². The van der Waals surface area contributed by atoms with Crippen molar-refractivity contribution in [3.05, 3.63) is 59.9 Å². The van der Waals surface area contributed by atoms with Crippen molar-refractivity contribution in [2.24, 2.45) is 0 Å². The molecule has 0 amide bonds. The lowest BCUT2D eigenvalue weighted by atomic mass is 10.3. The number of nitrogens with zero attached hydrogens (tertiary/aromatic N) is 3. The normalized spacial score (nSPS) is 11.5. The Balaban J connectivity index is 1.66. The van der Waals surface area contributed by atoms with Crippen LogP contribution in [0.4, 0.5) is 0 Å². The largest absolute Gasteiger partial charge is 0.495 e. The van der Waals surface area contributed by atoms with Crippen LogP contribution in [0, 0.1) is 0 Å². The molecule has 9 heteroatoms. The number of halogens is 1. The highest BCUT2D eigenvalue weighted by atomic mass is 35.5. The average Bonchev–Trinajstić information content (AvgIpc) is 3.11. The van der Waals surface area contributed by atoms with Crippen LogP contribution in [0.3, 0.4) is 0 Å². The molecule has 0 aliphatic heterocycles. The standard InChI is InChI=1S/C17H17ClN4O3S/c1-25-16-6-5-13(18)12-17(16)26(23,24)20-9-11-22-10-7-15(21-22)14-4-2-3-8-19-14/h2-8,10,12,20H,9,11H2,1H3. The number of nitrogens with one attached hydrogen (secondary N) is 1. The summed E-state index contributed by atoms with van der Waals surface area (Å²) in [5.41, 5.74) is 1.49. The van der Waals surface area contributed by atoms with Gasteiger partial charge in [-0.1, -0.05) is 17.7 Å². The van der Waals surface area contributed by atoms with Crippen molar-refractivity contribution in [3.63, 3.8) is 0 Å². The van der Waals surface area contributed by atoms with Crippen molar-refractivity contribution < 1.29 is 13.2 Å². The Labute approximate surface area is 156 Å². The van der Waals surface area contributed by atoms with Gasteiger partial charge in [0.1, 0.15) is 16.3 Å². The van der Waals surface area contributed by atoms with Gasteiger partial charge in [-0.25, -0.2) is 13.1 Å². The van der Waals surface area contributed by atoms with Crippen molar-refractivity contribution >= 4 is 21.6 Å². The summed E-state index contributed by atoms with van der Waals surface area (Å²) in [5, 5.41) is 4.71. The summed E-state index contributed by atoms with van der Waals surface area (Å²) in [4.78, 5) is 4.24. The molecule has 0 fully saturated rings. The SMILES string of the molecule is COc1ccc(Cl)cc1S(=O)(=O)NCCn1ccc(-c2ccccn2)n1. The lowest BCUT2D eigenvalue weighted by Crippen LogP contribution is -2.28. The minimum Gasteiger partial charge on any atom is -0.495 e. The highest BCUT2D eigenvalue weighted by Gasteiger charge is 2.19. The fourth-order valence-corrected chi connectivity index (χ4v) is 3.82. The highest BCUT2D eigenvalue weighted by molar-refractivity contribution is 7.89. The summed E-state index contributed by atoms with van der Waals surface area (Å²) in [6, 6.07) is 11.9. The van der Waals surface area contributed by atoms with E-state index in [9.17, 15) is 8.42 Å². The quantitative estimate of drug-likeness (QED) is 0.667. The van der Waals surface area contributed by atoms with Gasteiger partial charge < -0.3 is 4.74 Å². The summed E-state index contributed by atoms with van der Waals surface area (Å²) in [7, 11) is -2.35. The Morgan fingerprint density at radius 3 is 2.77 bits per heavy atom. The number of aromatic nitrogens is 3. The Morgan fingerprint density at radius 2 is 2.04 bits per heavy atom. The molecule has 2 aromatic heterocycles. The molecule has 0 atom stereocenters. The van der Waals surface area contributed by atoms with Gasteiger partial charge in [-0.15, -0.1) is 0 Å². The zero-order chi connectivity index (χ0) is 18.6. The van der Waals surface area contributed by atoms with E-state index in [1.807, 2.05) is 24.3 Å². The van der Waals surface area contributed by atoms with E-state index in [4.69, 9.17) is 16.3 Å². The lowest BCUT2D eigenvalue weighted by Gasteiger charge is -2.11. The van der Waals surface area contributed by atoms with Crippen LogP contribution >= 0.6 is 11.6 Å². The van der Waals surface area contributed by atoms with Gasteiger partial charge in [0.05, 0.1) is 19.3 Å². The van der Waals surface area contributed by atoms with Gasteiger partial charge >= 0.3 is 0 Å². The van der Waals surface area contributed by atoms with Crippen molar-refractivity contribution in [1.29, 1.82) is 0 Å². The second kappa shape index (κ2) is 7.86. The van der Waals surface area contributed by atoms with Gasteiger partial charge in [0.2, 0.25) is 10.0 Å². The minimum atomic E-state index is -3.75. The number of hydrogen-bond acceptors (Lipinski definition) is 5. The van der Waals surface area contributed by atoms with Crippen molar-refractivity contribution in [1.82, 2.24) is 19.5 Å². The molecule has 3 aromatic rings. The second-order valence-electron chi connectivity index (χ2n) is 5.37. The molecule has 0 aliphatic rings. The van der Waals surface area contributed by atoms with Crippen LogP contribution in [-0.2, 0) is 16.6 Å². The molecule has 26 heavy (non-hydrogen) atoms. The summed E-state index contributed by atoms with van der Waals surface area (Å²) in [5.74, 6) is 0.235. The van der Waals surface area contributed by atoms with Crippen LogP contribution in [0.25, 0.3) is 11.4 Å². The summed E-state index contributed by atoms with van der Waals surface area (Å²) in [6.45, 7) is 0.538. The van der Waals surface area contributed by atoms with Crippen molar-refractivity contribution in [2.45, 2.75) is 11.4 Å². The first-order valence-corrected chi connectivity index (χ1v) is 9.64. The maximum atomic E-state index is 12.5. The number of methoxy groups -OCH3 is 1. The average molecular weight is 393 g/mol. The van der Waals surface area contributed by atoms with Gasteiger partial charge in [0.15, 0.2) is 0 Å². The van der Waals surface area contributed by atoms with Gasteiger partial charge in [-0.2, -0.15) is 5.10 Å². The number of ether oxygens (including phenoxy) is 1. The first-order valence-electron chi connectivity index (χ1n) is 7.78. The number of pyridine rings is 1. The minimum absolute atomic E-state index is 0.00198. The molecule has 7 nitrogen and oxygen atoms in total. The summed E-state index contributed by atoms with van der Waals surface area (Å²) < 4.78 is 34.3. The molecule has 0 spiro atoms. The summed E-state index contributed by atoms with van der Waals surface area (Å²) in [6.07, 6.45) is 3.47. The van der Waals surface area contributed by atoms with E-state index in [0.29, 0.717) is 11.6 Å². The maximum Gasteiger partial charge on any atom is 0.244 e. The molecule has 0 unspecified atom stereocenters. The van der Waals surface area contributed by atoms with Crippen LogP contribution in [0.2, 0.25) is 5.02 Å². The Kier molecular flexibility index (Phi) is 5.55. The Hall–Kier alpha value is -2.42. The highest BCUT2D eigenvalue weighted by Crippen LogP contribution is 2.26. The summed E-state index contributed by atoms with van der Waals surface area (Å²) >= 11 is 5.90. The van der Waals surface area contributed by atoms with E-state index >= 15 is 0 Å². The predicted octanol–water partition coefficient (Wildman–Crippen LogP) is 2.59. The van der Waals surface area contributed by atoms with Gasteiger partial charge in [-0.3, -0.25) is 9.67 Å². The molecule has 0 aliphatic carbocycles. The molecule has 0 saturated carbocycles. The van der Waals surface area contributed by atoms with Crippen LogP contribution < -0.4 is 9.46 Å². The van der Waals surface area contributed by atoms with Gasteiger partial charge in [0, 0.05) is 24.0 Å². The number of sulfonamides is 1. The molecular weight excluding hydrogens is 376 g/mol. The third-order valence-corrected chi connectivity index (χ3v) is 5.33. The molecule has 0 bridgehead atoms. The van der Waals surface area contributed by atoms with Gasteiger partial charge in [0.25, 0.3) is 0 Å². The Bertz CT molecular complexity index is 990. The van der Waals surface area contributed by atoms with Crippen LogP contribution in [-0.4, -0.2) is 36.8 Å².